The highest BCUT2D eigenvalue weighted by Gasteiger charge is 2.10. The monoisotopic (exact) mass is 267 g/mol. The summed E-state index contributed by atoms with van der Waals surface area (Å²) in [7, 11) is 0. The summed E-state index contributed by atoms with van der Waals surface area (Å²) in [4.78, 5) is 8.01. The predicted octanol–water partition coefficient (Wildman–Crippen LogP) is 3.01. The summed E-state index contributed by atoms with van der Waals surface area (Å²) < 4.78 is 6.12. The van der Waals surface area contributed by atoms with Crippen LogP contribution in [0.2, 0.25) is 0 Å². The Morgan fingerprint density at radius 2 is 2.40 bits per heavy atom. The normalized spacial score (nSPS) is 12.4. The van der Waals surface area contributed by atoms with E-state index in [9.17, 15) is 0 Å². The second kappa shape index (κ2) is 4.44. The molecule has 2 aromatic heterocycles. The zero-order chi connectivity index (χ0) is 10.7. The van der Waals surface area contributed by atoms with Gasteiger partial charge in [-0.2, -0.15) is 0 Å². The fraction of sp³-hybridized carbons (Fsp3) is 0.200. The summed E-state index contributed by atoms with van der Waals surface area (Å²) in [6.07, 6.45) is 4.86. The molecule has 0 spiro atoms. The van der Waals surface area contributed by atoms with Crippen LogP contribution in [0.4, 0.5) is 5.82 Å². The van der Waals surface area contributed by atoms with Gasteiger partial charge in [-0.25, -0.2) is 9.97 Å². The molecule has 0 fully saturated rings. The van der Waals surface area contributed by atoms with Gasteiger partial charge in [-0.3, -0.25) is 0 Å². The number of nitrogens with zero attached hydrogens (tertiary/aromatic N) is 2. The van der Waals surface area contributed by atoms with Gasteiger partial charge in [0.05, 0.1) is 16.8 Å². The molecule has 0 aliphatic heterocycles. The SMILES string of the molecule is CC(Nc1ncncc1Br)c1ccco1. The van der Waals surface area contributed by atoms with Crippen molar-refractivity contribution in [2.24, 2.45) is 0 Å². The number of nitrogens with one attached hydrogen (secondary N) is 1. The van der Waals surface area contributed by atoms with E-state index in [0.717, 1.165) is 16.1 Å². The molecule has 15 heavy (non-hydrogen) atoms. The van der Waals surface area contributed by atoms with Gasteiger partial charge in [-0.15, -0.1) is 0 Å². The van der Waals surface area contributed by atoms with Gasteiger partial charge in [-0.05, 0) is 35.0 Å². The number of hydrogen-bond acceptors (Lipinski definition) is 4. The molecule has 0 radical (unpaired) electrons. The summed E-state index contributed by atoms with van der Waals surface area (Å²) in [6.45, 7) is 2.01. The first-order valence-electron chi connectivity index (χ1n) is 4.53. The number of furan rings is 1. The van der Waals surface area contributed by atoms with Gasteiger partial charge < -0.3 is 9.73 Å². The van der Waals surface area contributed by atoms with E-state index in [1.165, 1.54) is 6.33 Å². The molecule has 1 unspecified atom stereocenters. The molecule has 0 saturated heterocycles. The third-order valence-corrected chi connectivity index (χ3v) is 2.57. The lowest BCUT2D eigenvalue weighted by Crippen LogP contribution is -2.07. The second-order valence-corrected chi connectivity index (χ2v) is 3.96. The highest BCUT2D eigenvalue weighted by Crippen LogP contribution is 2.23. The van der Waals surface area contributed by atoms with Gasteiger partial charge in [0.2, 0.25) is 0 Å². The third kappa shape index (κ3) is 2.36. The van der Waals surface area contributed by atoms with Gasteiger partial charge in [0.25, 0.3) is 0 Å². The van der Waals surface area contributed by atoms with Crippen LogP contribution in [0, 0.1) is 0 Å². The van der Waals surface area contributed by atoms with Crippen molar-refractivity contribution in [1.29, 1.82) is 0 Å². The average molecular weight is 268 g/mol. The Balaban J connectivity index is 2.13. The average Bonchev–Trinajstić information content (AvgIpc) is 2.74. The van der Waals surface area contributed by atoms with Crippen molar-refractivity contribution in [1.82, 2.24) is 9.97 Å². The van der Waals surface area contributed by atoms with Crippen LogP contribution < -0.4 is 5.32 Å². The smallest absolute Gasteiger partial charge is 0.144 e. The molecular formula is C10H10BrN3O. The van der Waals surface area contributed by atoms with Gasteiger partial charge in [0.1, 0.15) is 17.9 Å². The Kier molecular flexibility index (Phi) is 3.01. The molecule has 0 saturated carbocycles. The van der Waals surface area contributed by atoms with Crippen molar-refractivity contribution < 1.29 is 4.42 Å². The van der Waals surface area contributed by atoms with Gasteiger partial charge in [-0.1, -0.05) is 0 Å². The number of anilines is 1. The minimum atomic E-state index is 0.0752. The van der Waals surface area contributed by atoms with E-state index >= 15 is 0 Å². The minimum Gasteiger partial charge on any atom is -0.467 e. The van der Waals surface area contributed by atoms with E-state index in [1.807, 2.05) is 19.1 Å². The molecule has 2 aromatic rings. The van der Waals surface area contributed by atoms with E-state index in [0.29, 0.717) is 0 Å². The highest BCUT2D eigenvalue weighted by atomic mass is 79.9. The van der Waals surface area contributed by atoms with Gasteiger partial charge in [0, 0.05) is 6.20 Å². The Morgan fingerprint density at radius 3 is 3.07 bits per heavy atom. The summed E-state index contributed by atoms with van der Waals surface area (Å²) in [5, 5.41) is 3.22. The maximum absolute atomic E-state index is 5.29. The van der Waals surface area contributed by atoms with Crippen molar-refractivity contribution in [3.8, 4) is 0 Å². The molecule has 0 aromatic carbocycles. The molecule has 5 heteroatoms. The van der Waals surface area contributed by atoms with E-state index in [2.05, 4.69) is 31.2 Å². The Hall–Kier alpha value is -1.36. The molecule has 0 aliphatic rings. The van der Waals surface area contributed by atoms with Crippen LogP contribution in [-0.2, 0) is 0 Å². The molecule has 0 aliphatic carbocycles. The number of hydrogen-bond donors (Lipinski definition) is 1. The van der Waals surface area contributed by atoms with Crippen molar-refractivity contribution in [3.05, 3.63) is 41.2 Å². The highest BCUT2D eigenvalue weighted by molar-refractivity contribution is 9.10. The van der Waals surface area contributed by atoms with E-state index in [4.69, 9.17) is 4.42 Å². The zero-order valence-corrected chi connectivity index (χ0v) is 9.73. The van der Waals surface area contributed by atoms with E-state index in [1.54, 1.807) is 12.5 Å². The number of aromatic nitrogens is 2. The van der Waals surface area contributed by atoms with E-state index < -0.39 is 0 Å². The van der Waals surface area contributed by atoms with Crippen LogP contribution in [0.1, 0.15) is 18.7 Å². The van der Waals surface area contributed by atoms with Crippen molar-refractivity contribution in [3.63, 3.8) is 0 Å². The summed E-state index contributed by atoms with van der Waals surface area (Å²) in [6, 6.07) is 3.86. The summed E-state index contributed by atoms with van der Waals surface area (Å²) >= 11 is 3.37. The lowest BCUT2D eigenvalue weighted by molar-refractivity contribution is 0.490. The molecule has 4 nitrogen and oxygen atoms in total. The maximum atomic E-state index is 5.29. The van der Waals surface area contributed by atoms with Gasteiger partial charge in [0.15, 0.2) is 0 Å². The first-order chi connectivity index (χ1) is 7.27. The molecule has 2 rings (SSSR count). The summed E-state index contributed by atoms with van der Waals surface area (Å²) in [5.41, 5.74) is 0. The molecule has 1 N–H and O–H groups in total. The molecule has 2 heterocycles. The van der Waals surface area contributed by atoms with Crippen LogP contribution in [0.5, 0.6) is 0 Å². The first kappa shape index (κ1) is 10.2. The fourth-order valence-electron chi connectivity index (χ4n) is 1.23. The van der Waals surface area contributed by atoms with E-state index in [-0.39, 0.29) is 6.04 Å². The molecule has 78 valence electrons. The topological polar surface area (TPSA) is 51.0 Å². The standard InChI is InChI=1S/C10H10BrN3O/c1-7(9-3-2-4-15-9)14-10-8(11)5-12-6-13-10/h2-7H,1H3,(H,12,13,14). The molecule has 0 amide bonds. The minimum absolute atomic E-state index is 0.0752. The maximum Gasteiger partial charge on any atom is 0.144 e. The van der Waals surface area contributed by atoms with Crippen LogP contribution >= 0.6 is 15.9 Å². The van der Waals surface area contributed by atoms with Gasteiger partial charge >= 0.3 is 0 Å². The van der Waals surface area contributed by atoms with Crippen LogP contribution in [-0.4, -0.2) is 9.97 Å². The molecule has 0 bridgehead atoms. The summed E-state index contributed by atoms with van der Waals surface area (Å²) in [5.74, 6) is 1.63. The number of halogens is 1. The second-order valence-electron chi connectivity index (χ2n) is 3.10. The first-order valence-corrected chi connectivity index (χ1v) is 5.32. The Bertz CT molecular complexity index is 430. The quantitative estimate of drug-likeness (QED) is 0.929. The lowest BCUT2D eigenvalue weighted by atomic mass is 10.2. The third-order valence-electron chi connectivity index (χ3n) is 1.99. The fourth-order valence-corrected chi connectivity index (χ4v) is 1.57. The largest absolute Gasteiger partial charge is 0.467 e. The lowest BCUT2D eigenvalue weighted by Gasteiger charge is -2.12. The van der Waals surface area contributed by atoms with Crippen molar-refractivity contribution in [2.45, 2.75) is 13.0 Å². The van der Waals surface area contributed by atoms with Crippen LogP contribution in [0.3, 0.4) is 0 Å². The molecule has 1 atom stereocenters. The Morgan fingerprint density at radius 1 is 1.53 bits per heavy atom. The molecular weight excluding hydrogens is 258 g/mol. The van der Waals surface area contributed by atoms with Crippen LogP contribution in [0.25, 0.3) is 0 Å². The van der Waals surface area contributed by atoms with Crippen molar-refractivity contribution >= 4 is 21.7 Å². The van der Waals surface area contributed by atoms with Crippen molar-refractivity contribution in [2.75, 3.05) is 5.32 Å². The van der Waals surface area contributed by atoms with Crippen LogP contribution in [0.15, 0.2) is 39.8 Å². The number of rotatable bonds is 3. The predicted molar refractivity (Wildman–Crippen MR) is 60.5 cm³/mol. The Labute approximate surface area is 95.9 Å². The zero-order valence-electron chi connectivity index (χ0n) is 8.14.